The van der Waals surface area contributed by atoms with Gasteiger partial charge in [0.05, 0.1) is 0 Å². The van der Waals surface area contributed by atoms with Crippen molar-refractivity contribution in [2.24, 2.45) is 0 Å². The molecule has 0 aromatic heterocycles. The fraction of sp³-hybridized carbons (Fsp3) is 0.417. The van der Waals surface area contributed by atoms with Gasteiger partial charge >= 0.3 is 6.09 Å². The van der Waals surface area contributed by atoms with Crippen LogP contribution < -0.4 is 10.6 Å². The standard InChI is InChI=1S/C24H30N2O5/c1-23(2)16-24(3,31-30-23)17-25-21(27)20(14-18-10-6-4-7-11-18)26-22(28)29-15-19-12-8-5-9-13-19/h4-13,20H,14-17H2,1-3H3,(H,25,27)(H,26,28)/t20-,24?/m0/s1. The van der Waals surface area contributed by atoms with Crippen molar-refractivity contribution in [3.8, 4) is 0 Å². The fourth-order valence-corrected chi connectivity index (χ4v) is 3.63. The maximum Gasteiger partial charge on any atom is 0.408 e. The average Bonchev–Trinajstić information content (AvgIpc) is 3.04. The molecule has 2 aromatic carbocycles. The van der Waals surface area contributed by atoms with Gasteiger partial charge in [-0.05, 0) is 31.9 Å². The number of ether oxygens (including phenoxy) is 1. The Bertz CT molecular complexity index is 872. The van der Waals surface area contributed by atoms with Gasteiger partial charge in [-0.1, -0.05) is 60.7 Å². The maximum atomic E-state index is 12.9. The molecule has 2 amide bonds. The number of rotatable bonds is 8. The number of carbonyl (C=O) groups excluding carboxylic acids is 2. The van der Waals surface area contributed by atoms with Crippen LogP contribution in [0.25, 0.3) is 0 Å². The Morgan fingerprint density at radius 1 is 0.968 bits per heavy atom. The normalized spacial score (nSPS) is 20.6. The molecule has 2 atom stereocenters. The van der Waals surface area contributed by atoms with Crippen LogP contribution in [0.3, 0.4) is 0 Å². The van der Waals surface area contributed by atoms with Gasteiger partial charge in [-0.25, -0.2) is 14.6 Å². The number of carbonyl (C=O) groups is 2. The van der Waals surface area contributed by atoms with Gasteiger partial charge in [0.25, 0.3) is 0 Å². The Morgan fingerprint density at radius 2 is 1.58 bits per heavy atom. The van der Waals surface area contributed by atoms with Crippen molar-refractivity contribution >= 4 is 12.0 Å². The highest BCUT2D eigenvalue weighted by atomic mass is 17.2. The summed E-state index contributed by atoms with van der Waals surface area (Å²) >= 11 is 0. The number of amides is 2. The van der Waals surface area contributed by atoms with Crippen LogP contribution in [-0.2, 0) is 32.3 Å². The number of nitrogens with one attached hydrogen (secondary N) is 2. The Hall–Kier alpha value is -2.90. The third kappa shape index (κ3) is 7.08. The third-order valence-electron chi connectivity index (χ3n) is 5.01. The molecule has 166 valence electrons. The van der Waals surface area contributed by atoms with E-state index in [4.69, 9.17) is 14.5 Å². The van der Waals surface area contributed by atoms with Crippen molar-refractivity contribution in [3.63, 3.8) is 0 Å². The van der Waals surface area contributed by atoms with E-state index in [1.54, 1.807) is 0 Å². The van der Waals surface area contributed by atoms with Gasteiger partial charge in [0.2, 0.25) is 5.91 Å². The second-order valence-electron chi connectivity index (χ2n) is 8.72. The lowest BCUT2D eigenvalue weighted by Crippen LogP contribution is -2.51. The van der Waals surface area contributed by atoms with Crippen molar-refractivity contribution in [1.82, 2.24) is 10.6 Å². The molecule has 2 N–H and O–H groups in total. The highest BCUT2D eigenvalue weighted by Crippen LogP contribution is 2.34. The monoisotopic (exact) mass is 426 g/mol. The van der Waals surface area contributed by atoms with Crippen molar-refractivity contribution < 1.29 is 24.1 Å². The van der Waals surface area contributed by atoms with Crippen LogP contribution in [0.1, 0.15) is 38.3 Å². The predicted octanol–water partition coefficient (Wildman–Crippen LogP) is 3.53. The molecule has 1 saturated heterocycles. The van der Waals surface area contributed by atoms with E-state index in [0.29, 0.717) is 12.8 Å². The Labute approximate surface area is 183 Å². The summed E-state index contributed by atoms with van der Waals surface area (Å²) in [7, 11) is 0. The number of hydrogen-bond acceptors (Lipinski definition) is 5. The van der Waals surface area contributed by atoms with Gasteiger partial charge in [-0.15, -0.1) is 0 Å². The first-order valence-electron chi connectivity index (χ1n) is 10.4. The summed E-state index contributed by atoms with van der Waals surface area (Å²) < 4.78 is 5.30. The second kappa shape index (κ2) is 9.94. The van der Waals surface area contributed by atoms with Crippen LogP contribution in [0, 0.1) is 0 Å². The number of benzene rings is 2. The zero-order chi connectivity index (χ0) is 22.3. The minimum atomic E-state index is -0.787. The predicted molar refractivity (Wildman–Crippen MR) is 116 cm³/mol. The van der Waals surface area contributed by atoms with E-state index in [1.165, 1.54) is 0 Å². The van der Waals surface area contributed by atoms with Gasteiger partial charge < -0.3 is 15.4 Å². The van der Waals surface area contributed by atoms with Crippen molar-refractivity contribution in [3.05, 3.63) is 71.8 Å². The first-order chi connectivity index (χ1) is 14.7. The molecule has 2 aromatic rings. The molecule has 0 spiro atoms. The SMILES string of the molecule is CC1(C)CC(C)(CNC(=O)[C@H](Cc2ccccc2)NC(=O)OCc2ccccc2)OO1. The lowest BCUT2D eigenvalue weighted by molar-refractivity contribution is -0.339. The molecule has 3 rings (SSSR count). The fourth-order valence-electron chi connectivity index (χ4n) is 3.63. The van der Waals surface area contributed by atoms with E-state index in [2.05, 4.69) is 10.6 Å². The topological polar surface area (TPSA) is 85.9 Å². The zero-order valence-corrected chi connectivity index (χ0v) is 18.2. The quantitative estimate of drug-likeness (QED) is 0.631. The first kappa shape index (κ1) is 22.8. The van der Waals surface area contributed by atoms with Crippen LogP contribution in [-0.4, -0.2) is 35.8 Å². The summed E-state index contributed by atoms with van der Waals surface area (Å²) in [6.45, 7) is 6.15. The summed E-state index contributed by atoms with van der Waals surface area (Å²) in [4.78, 5) is 36.1. The summed E-state index contributed by atoms with van der Waals surface area (Å²) in [5, 5.41) is 5.58. The van der Waals surface area contributed by atoms with E-state index in [-0.39, 0.29) is 19.1 Å². The third-order valence-corrected chi connectivity index (χ3v) is 5.01. The van der Waals surface area contributed by atoms with E-state index in [1.807, 2.05) is 81.4 Å². The Balaban J connectivity index is 1.60. The molecule has 0 aliphatic carbocycles. The van der Waals surface area contributed by atoms with E-state index >= 15 is 0 Å². The summed E-state index contributed by atoms with van der Waals surface area (Å²) in [5.41, 5.74) is 0.751. The Morgan fingerprint density at radius 3 is 2.16 bits per heavy atom. The van der Waals surface area contributed by atoms with Gasteiger partial charge in [-0.3, -0.25) is 4.79 Å². The van der Waals surface area contributed by atoms with E-state index < -0.39 is 23.3 Å². The van der Waals surface area contributed by atoms with Crippen molar-refractivity contribution in [2.45, 2.75) is 57.5 Å². The molecule has 0 saturated carbocycles. The van der Waals surface area contributed by atoms with Gasteiger partial charge in [0, 0.05) is 19.4 Å². The van der Waals surface area contributed by atoms with Gasteiger partial charge in [0.1, 0.15) is 23.9 Å². The average molecular weight is 427 g/mol. The smallest absolute Gasteiger partial charge is 0.408 e. The van der Waals surface area contributed by atoms with Crippen LogP contribution in [0.4, 0.5) is 4.79 Å². The molecule has 1 heterocycles. The first-order valence-corrected chi connectivity index (χ1v) is 10.4. The van der Waals surface area contributed by atoms with Crippen molar-refractivity contribution in [2.75, 3.05) is 6.54 Å². The van der Waals surface area contributed by atoms with Gasteiger partial charge in [0.15, 0.2) is 0 Å². The molecule has 1 fully saturated rings. The molecule has 1 aliphatic rings. The van der Waals surface area contributed by atoms with Crippen LogP contribution in [0.15, 0.2) is 60.7 Å². The molecule has 7 heteroatoms. The Kier molecular flexibility index (Phi) is 7.30. The molecular formula is C24H30N2O5. The summed E-state index contributed by atoms with van der Waals surface area (Å²) in [6.07, 6.45) is 0.329. The summed E-state index contributed by atoms with van der Waals surface area (Å²) in [6, 6.07) is 18.1. The molecular weight excluding hydrogens is 396 g/mol. The molecule has 0 radical (unpaired) electrons. The molecule has 1 aliphatic heterocycles. The highest BCUT2D eigenvalue weighted by Gasteiger charge is 2.43. The largest absolute Gasteiger partial charge is 0.445 e. The number of alkyl carbamates (subject to hydrolysis) is 1. The highest BCUT2D eigenvalue weighted by molar-refractivity contribution is 5.86. The zero-order valence-electron chi connectivity index (χ0n) is 18.2. The van der Waals surface area contributed by atoms with Gasteiger partial charge in [-0.2, -0.15) is 0 Å². The number of hydrogen-bond donors (Lipinski definition) is 2. The summed E-state index contributed by atoms with van der Waals surface area (Å²) in [5.74, 6) is -0.310. The lowest BCUT2D eigenvalue weighted by Gasteiger charge is -2.24. The van der Waals surface area contributed by atoms with Crippen molar-refractivity contribution in [1.29, 1.82) is 0 Å². The van der Waals surface area contributed by atoms with Crippen LogP contribution in [0.5, 0.6) is 0 Å². The minimum Gasteiger partial charge on any atom is -0.445 e. The maximum absolute atomic E-state index is 12.9. The molecule has 0 bridgehead atoms. The lowest BCUT2D eigenvalue weighted by atomic mass is 9.92. The molecule has 7 nitrogen and oxygen atoms in total. The van der Waals surface area contributed by atoms with E-state index in [9.17, 15) is 9.59 Å². The minimum absolute atomic E-state index is 0.130. The molecule has 31 heavy (non-hydrogen) atoms. The van der Waals surface area contributed by atoms with Crippen LogP contribution >= 0.6 is 0 Å². The van der Waals surface area contributed by atoms with Crippen LogP contribution in [0.2, 0.25) is 0 Å². The molecule has 1 unspecified atom stereocenters. The second-order valence-corrected chi connectivity index (χ2v) is 8.72. The van der Waals surface area contributed by atoms with E-state index in [0.717, 1.165) is 11.1 Å².